The van der Waals surface area contributed by atoms with Crippen LogP contribution in [0.4, 0.5) is 0 Å². The Morgan fingerprint density at radius 2 is 1.77 bits per heavy atom. The van der Waals surface area contributed by atoms with Crippen LogP contribution in [0.5, 0.6) is 5.75 Å². The number of hydrazine groups is 1. The minimum atomic E-state index is -3.27. The van der Waals surface area contributed by atoms with Crippen molar-refractivity contribution >= 4 is 32.6 Å². The molecule has 2 N–H and O–H groups in total. The van der Waals surface area contributed by atoms with Crippen LogP contribution in [-0.2, 0) is 14.6 Å². The molecule has 2 aromatic heterocycles. The number of amides is 2. The normalized spacial score (nSPS) is 11.2. The van der Waals surface area contributed by atoms with E-state index in [0.717, 1.165) is 6.26 Å². The zero-order valence-electron chi connectivity index (χ0n) is 18.9. The molecule has 0 unspecified atom stereocenters. The van der Waals surface area contributed by atoms with Gasteiger partial charge in [0, 0.05) is 18.1 Å². The summed E-state index contributed by atoms with van der Waals surface area (Å²) in [4.78, 5) is 29.8. The number of aromatic nitrogens is 1. The van der Waals surface area contributed by atoms with Crippen LogP contribution in [0.2, 0.25) is 0 Å². The van der Waals surface area contributed by atoms with Crippen LogP contribution < -0.4 is 15.6 Å². The lowest BCUT2D eigenvalue weighted by Crippen LogP contribution is -2.41. The molecular formula is C25H23N3O6S. The van der Waals surface area contributed by atoms with E-state index in [0.29, 0.717) is 40.1 Å². The van der Waals surface area contributed by atoms with Gasteiger partial charge in [-0.1, -0.05) is 18.2 Å². The molecule has 0 atom stereocenters. The summed E-state index contributed by atoms with van der Waals surface area (Å²) in [6.07, 6.45) is 3.18. The van der Waals surface area contributed by atoms with Crippen LogP contribution in [0.1, 0.15) is 23.2 Å². The summed E-state index contributed by atoms with van der Waals surface area (Å²) >= 11 is 0. The van der Waals surface area contributed by atoms with Crippen LogP contribution in [0.3, 0.4) is 0 Å². The zero-order chi connectivity index (χ0) is 24.8. The van der Waals surface area contributed by atoms with E-state index in [-0.39, 0.29) is 23.8 Å². The molecule has 10 heteroatoms. The van der Waals surface area contributed by atoms with Crippen LogP contribution in [-0.4, -0.2) is 38.1 Å². The molecule has 0 aliphatic heterocycles. The Kier molecular flexibility index (Phi) is 7.11. The summed E-state index contributed by atoms with van der Waals surface area (Å²) in [6.45, 7) is 0.251. The molecule has 2 amide bonds. The standard InChI is InChI=1S/C25H23N3O6S/c1-35(31,32)18-12-10-17(11-13-18)33-14-5-9-24(29)27-28-25(30)20-16-22(23-8-4-15-34-23)26-21-7-3-2-6-19(20)21/h2-4,6-8,10-13,15-16H,5,9,14H2,1H3,(H,27,29)(H,28,30). The summed E-state index contributed by atoms with van der Waals surface area (Å²) in [5.74, 6) is 0.175. The van der Waals surface area contributed by atoms with Crippen LogP contribution in [0.15, 0.2) is 82.3 Å². The Morgan fingerprint density at radius 1 is 1.00 bits per heavy atom. The Morgan fingerprint density at radius 3 is 2.49 bits per heavy atom. The van der Waals surface area contributed by atoms with Gasteiger partial charge in [0.05, 0.1) is 28.8 Å². The molecule has 35 heavy (non-hydrogen) atoms. The van der Waals surface area contributed by atoms with E-state index in [1.54, 1.807) is 48.5 Å². The number of sulfone groups is 1. The SMILES string of the molecule is CS(=O)(=O)c1ccc(OCCCC(=O)NNC(=O)c2cc(-c3ccco3)nc3ccccc23)cc1. The number of ether oxygens (including phenoxy) is 1. The van der Waals surface area contributed by atoms with Gasteiger partial charge in [-0.2, -0.15) is 0 Å². The first-order valence-corrected chi connectivity index (χ1v) is 12.7. The van der Waals surface area contributed by atoms with E-state index >= 15 is 0 Å². The second kappa shape index (κ2) is 10.4. The van der Waals surface area contributed by atoms with E-state index in [4.69, 9.17) is 9.15 Å². The summed E-state index contributed by atoms with van der Waals surface area (Å²) in [5.41, 5.74) is 6.35. The Balaban J connectivity index is 1.30. The summed E-state index contributed by atoms with van der Waals surface area (Å²) in [5, 5.41) is 0.643. The molecule has 180 valence electrons. The molecule has 0 bridgehead atoms. The third-order valence-corrected chi connectivity index (χ3v) is 6.25. The van der Waals surface area contributed by atoms with Gasteiger partial charge in [0.1, 0.15) is 11.4 Å². The molecular weight excluding hydrogens is 470 g/mol. The highest BCUT2D eigenvalue weighted by Gasteiger charge is 2.15. The molecule has 0 spiro atoms. The third kappa shape index (κ3) is 6.04. The van der Waals surface area contributed by atoms with Gasteiger partial charge in [0.25, 0.3) is 5.91 Å². The molecule has 0 saturated carbocycles. The molecule has 9 nitrogen and oxygen atoms in total. The van der Waals surface area contributed by atoms with Crippen molar-refractivity contribution in [3.8, 4) is 17.2 Å². The first-order valence-electron chi connectivity index (χ1n) is 10.8. The Bertz CT molecular complexity index is 1450. The second-order valence-electron chi connectivity index (χ2n) is 7.75. The molecule has 0 radical (unpaired) electrons. The van der Waals surface area contributed by atoms with Crippen molar-refractivity contribution in [2.24, 2.45) is 0 Å². The van der Waals surface area contributed by atoms with Crippen molar-refractivity contribution in [1.29, 1.82) is 0 Å². The molecule has 0 fully saturated rings. The molecule has 0 aliphatic carbocycles. The zero-order valence-corrected chi connectivity index (χ0v) is 19.7. The number of hydrogen-bond donors (Lipinski definition) is 2. The van der Waals surface area contributed by atoms with Gasteiger partial charge < -0.3 is 9.15 Å². The Hall–Kier alpha value is -4.18. The first-order chi connectivity index (χ1) is 16.8. The van der Waals surface area contributed by atoms with Gasteiger partial charge in [0.2, 0.25) is 5.91 Å². The fraction of sp³-hybridized carbons (Fsp3) is 0.160. The van der Waals surface area contributed by atoms with Gasteiger partial charge in [0.15, 0.2) is 15.6 Å². The van der Waals surface area contributed by atoms with E-state index in [2.05, 4.69) is 15.8 Å². The number of rotatable bonds is 8. The average Bonchev–Trinajstić information content (AvgIpc) is 3.39. The number of carbonyl (C=O) groups is 2. The highest BCUT2D eigenvalue weighted by atomic mass is 32.2. The van der Waals surface area contributed by atoms with Crippen molar-refractivity contribution in [2.75, 3.05) is 12.9 Å². The number of hydrogen-bond acceptors (Lipinski definition) is 7. The maximum absolute atomic E-state index is 12.8. The van der Waals surface area contributed by atoms with Crippen LogP contribution >= 0.6 is 0 Å². The highest BCUT2D eigenvalue weighted by Crippen LogP contribution is 2.25. The van der Waals surface area contributed by atoms with Crippen LogP contribution in [0.25, 0.3) is 22.4 Å². The van der Waals surface area contributed by atoms with E-state index < -0.39 is 15.7 Å². The number of carbonyl (C=O) groups excluding carboxylic acids is 2. The fourth-order valence-electron chi connectivity index (χ4n) is 3.38. The minimum Gasteiger partial charge on any atom is -0.494 e. The first kappa shape index (κ1) is 24.0. The number of para-hydroxylation sites is 1. The van der Waals surface area contributed by atoms with Gasteiger partial charge in [-0.15, -0.1) is 0 Å². The minimum absolute atomic E-state index is 0.121. The highest BCUT2D eigenvalue weighted by molar-refractivity contribution is 7.90. The van der Waals surface area contributed by atoms with Crippen molar-refractivity contribution in [1.82, 2.24) is 15.8 Å². The largest absolute Gasteiger partial charge is 0.494 e. The predicted molar refractivity (Wildman–Crippen MR) is 129 cm³/mol. The maximum Gasteiger partial charge on any atom is 0.270 e. The topological polar surface area (TPSA) is 128 Å². The average molecular weight is 494 g/mol. The number of nitrogens with zero attached hydrogens (tertiary/aromatic N) is 1. The fourth-order valence-corrected chi connectivity index (χ4v) is 4.01. The number of benzene rings is 2. The lowest BCUT2D eigenvalue weighted by molar-refractivity contribution is -0.122. The predicted octanol–water partition coefficient (Wildman–Crippen LogP) is 3.52. The molecule has 0 saturated heterocycles. The van der Waals surface area contributed by atoms with Crippen molar-refractivity contribution in [3.63, 3.8) is 0 Å². The molecule has 4 rings (SSSR count). The van der Waals surface area contributed by atoms with Gasteiger partial charge in [-0.3, -0.25) is 20.4 Å². The molecule has 0 aliphatic rings. The maximum atomic E-state index is 12.8. The van der Waals surface area contributed by atoms with Crippen molar-refractivity contribution in [2.45, 2.75) is 17.7 Å². The van der Waals surface area contributed by atoms with Crippen molar-refractivity contribution in [3.05, 3.63) is 78.6 Å². The number of furan rings is 1. The van der Waals surface area contributed by atoms with Crippen LogP contribution in [0, 0.1) is 0 Å². The van der Waals surface area contributed by atoms with E-state index in [1.807, 2.05) is 6.07 Å². The second-order valence-corrected chi connectivity index (χ2v) is 9.76. The quantitative estimate of drug-likeness (QED) is 0.284. The molecule has 2 aromatic carbocycles. The summed E-state index contributed by atoms with van der Waals surface area (Å²) < 4.78 is 33.9. The Labute approximate surface area is 202 Å². The third-order valence-electron chi connectivity index (χ3n) is 5.12. The van der Waals surface area contributed by atoms with E-state index in [1.165, 1.54) is 18.4 Å². The lowest BCUT2D eigenvalue weighted by atomic mass is 10.1. The lowest BCUT2D eigenvalue weighted by Gasteiger charge is -2.11. The smallest absolute Gasteiger partial charge is 0.270 e. The number of nitrogens with one attached hydrogen (secondary N) is 2. The number of fused-ring (bicyclic) bond motifs is 1. The van der Waals surface area contributed by atoms with Gasteiger partial charge in [-0.25, -0.2) is 13.4 Å². The van der Waals surface area contributed by atoms with E-state index in [9.17, 15) is 18.0 Å². The van der Waals surface area contributed by atoms with Gasteiger partial charge >= 0.3 is 0 Å². The monoisotopic (exact) mass is 493 g/mol. The molecule has 2 heterocycles. The van der Waals surface area contributed by atoms with Crippen molar-refractivity contribution < 1.29 is 27.2 Å². The molecule has 4 aromatic rings. The van der Waals surface area contributed by atoms with Gasteiger partial charge in [-0.05, 0) is 55.0 Å². The number of pyridine rings is 1. The summed E-state index contributed by atoms with van der Waals surface area (Å²) in [7, 11) is -3.27. The summed E-state index contributed by atoms with van der Waals surface area (Å²) in [6, 6.07) is 18.4.